The highest BCUT2D eigenvalue weighted by atomic mass is 16.4. The van der Waals surface area contributed by atoms with E-state index in [2.05, 4.69) is 6.58 Å². The number of rotatable bonds is 4. The lowest BCUT2D eigenvalue weighted by Gasteiger charge is -2.17. The van der Waals surface area contributed by atoms with Gasteiger partial charge in [-0.3, -0.25) is 4.79 Å². The summed E-state index contributed by atoms with van der Waals surface area (Å²) in [5, 5.41) is 8.97. The Hall–Kier alpha value is -2.10. The Morgan fingerprint density at radius 2 is 2.22 bits per heavy atom. The lowest BCUT2D eigenvalue weighted by molar-refractivity contribution is -0.118. The Morgan fingerprint density at radius 1 is 1.44 bits per heavy atom. The summed E-state index contributed by atoms with van der Waals surface area (Å²) in [7, 11) is 0. The van der Waals surface area contributed by atoms with Crippen molar-refractivity contribution in [2.24, 2.45) is 0 Å². The Labute approximate surface area is 106 Å². The van der Waals surface area contributed by atoms with Gasteiger partial charge < -0.3 is 10.0 Å². The fraction of sp³-hybridized carbons (Fsp3) is 0.286. The minimum absolute atomic E-state index is 0.0242. The van der Waals surface area contributed by atoms with E-state index in [4.69, 9.17) is 5.11 Å². The van der Waals surface area contributed by atoms with Gasteiger partial charge in [-0.05, 0) is 30.5 Å². The van der Waals surface area contributed by atoms with E-state index in [1.54, 1.807) is 29.2 Å². The van der Waals surface area contributed by atoms with Crippen molar-refractivity contribution in [3.63, 3.8) is 0 Å². The number of nitrogens with zero attached hydrogens (tertiary/aromatic N) is 1. The predicted molar refractivity (Wildman–Crippen MR) is 68.9 cm³/mol. The summed E-state index contributed by atoms with van der Waals surface area (Å²) in [6.45, 7) is 4.23. The number of carbonyl (C=O) groups is 2. The molecule has 0 unspecified atom stereocenters. The van der Waals surface area contributed by atoms with Crippen LogP contribution in [-0.2, 0) is 11.2 Å². The van der Waals surface area contributed by atoms with Crippen LogP contribution in [0.3, 0.4) is 0 Å². The molecule has 0 fully saturated rings. The van der Waals surface area contributed by atoms with Gasteiger partial charge in [0.1, 0.15) is 0 Å². The van der Waals surface area contributed by atoms with Crippen LogP contribution in [0.5, 0.6) is 0 Å². The van der Waals surface area contributed by atoms with Crippen molar-refractivity contribution in [3.8, 4) is 0 Å². The minimum Gasteiger partial charge on any atom is -0.478 e. The number of carboxylic acid groups (broad SMARTS) is 1. The number of hydrogen-bond acceptors (Lipinski definition) is 2. The van der Waals surface area contributed by atoms with Gasteiger partial charge in [0, 0.05) is 18.7 Å². The average Bonchev–Trinajstić information content (AvgIpc) is 2.78. The van der Waals surface area contributed by atoms with E-state index in [9.17, 15) is 9.59 Å². The first kappa shape index (κ1) is 12.4. The molecule has 4 nitrogen and oxygen atoms in total. The van der Waals surface area contributed by atoms with E-state index >= 15 is 0 Å². The fourth-order valence-corrected chi connectivity index (χ4v) is 2.13. The molecule has 1 aliphatic heterocycles. The molecule has 1 amide bonds. The highest BCUT2D eigenvalue weighted by Crippen LogP contribution is 2.29. The highest BCUT2D eigenvalue weighted by Gasteiger charge is 2.24. The number of aromatic carboxylic acids is 1. The van der Waals surface area contributed by atoms with Crippen molar-refractivity contribution in [1.82, 2.24) is 0 Å². The van der Waals surface area contributed by atoms with Gasteiger partial charge in [0.2, 0.25) is 5.91 Å². The molecule has 0 bridgehead atoms. The zero-order valence-corrected chi connectivity index (χ0v) is 10.1. The van der Waals surface area contributed by atoms with Gasteiger partial charge in [-0.2, -0.15) is 0 Å². The molecule has 94 valence electrons. The van der Waals surface area contributed by atoms with Gasteiger partial charge in [-0.15, -0.1) is 6.58 Å². The number of carboxylic acids is 1. The van der Waals surface area contributed by atoms with Gasteiger partial charge in [0.15, 0.2) is 0 Å². The van der Waals surface area contributed by atoms with E-state index in [0.717, 1.165) is 17.7 Å². The maximum Gasteiger partial charge on any atom is 0.335 e. The molecule has 0 saturated heterocycles. The number of anilines is 1. The van der Waals surface area contributed by atoms with Crippen molar-refractivity contribution >= 4 is 17.6 Å². The van der Waals surface area contributed by atoms with Gasteiger partial charge in [-0.25, -0.2) is 4.79 Å². The molecule has 1 N–H and O–H groups in total. The number of carbonyl (C=O) groups excluding carboxylic acids is 1. The first-order chi connectivity index (χ1) is 8.63. The monoisotopic (exact) mass is 245 g/mol. The molecule has 0 spiro atoms. The summed E-state index contributed by atoms with van der Waals surface area (Å²) < 4.78 is 0. The van der Waals surface area contributed by atoms with Crippen LogP contribution in [0.1, 0.15) is 28.8 Å². The Balaban J connectivity index is 2.25. The molecule has 1 aliphatic rings. The molecule has 0 atom stereocenters. The Morgan fingerprint density at radius 3 is 2.89 bits per heavy atom. The van der Waals surface area contributed by atoms with Crippen LogP contribution in [0, 0.1) is 0 Å². The van der Waals surface area contributed by atoms with Gasteiger partial charge in [0.05, 0.1) is 5.56 Å². The molecule has 1 aromatic rings. The first-order valence-electron chi connectivity index (χ1n) is 5.91. The quantitative estimate of drug-likeness (QED) is 0.828. The molecular formula is C14H15NO3. The molecule has 2 rings (SSSR count). The standard InChI is InChI=1S/C14H15NO3/c1-2-3-4-13(16)15-8-7-10-5-6-11(14(17)18)9-12(10)15/h2,5-6,9H,1,3-4,7-8H2,(H,17,18). The number of fused-ring (bicyclic) bond motifs is 1. The molecule has 0 aromatic heterocycles. The molecule has 0 aliphatic carbocycles. The number of hydrogen-bond donors (Lipinski definition) is 1. The van der Waals surface area contributed by atoms with Crippen LogP contribution in [0.25, 0.3) is 0 Å². The van der Waals surface area contributed by atoms with Crippen molar-refractivity contribution in [1.29, 1.82) is 0 Å². The molecular weight excluding hydrogens is 230 g/mol. The summed E-state index contributed by atoms with van der Waals surface area (Å²) in [5.41, 5.74) is 1.99. The largest absolute Gasteiger partial charge is 0.478 e. The SMILES string of the molecule is C=CCCC(=O)N1CCc2ccc(C(=O)O)cc21. The molecule has 4 heteroatoms. The van der Waals surface area contributed by atoms with Crippen LogP contribution in [0.15, 0.2) is 30.9 Å². The third-order valence-corrected chi connectivity index (χ3v) is 3.09. The molecule has 0 saturated carbocycles. The van der Waals surface area contributed by atoms with Crippen LogP contribution in [0.2, 0.25) is 0 Å². The van der Waals surface area contributed by atoms with E-state index in [1.165, 1.54) is 0 Å². The van der Waals surface area contributed by atoms with E-state index in [1.807, 2.05) is 0 Å². The van der Waals surface area contributed by atoms with Crippen LogP contribution in [-0.4, -0.2) is 23.5 Å². The number of allylic oxidation sites excluding steroid dienone is 1. The predicted octanol–water partition coefficient (Wildman–Crippen LogP) is 2.24. The van der Waals surface area contributed by atoms with Gasteiger partial charge in [-0.1, -0.05) is 12.1 Å². The third-order valence-electron chi connectivity index (χ3n) is 3.09. The summed E-state index contributed by atoms with van der Waals surface area (Å²) in [6, 6.07) is 4.95. The van der Waals surface area contributed by atoms with Crippen molar-refractivity contribution < 1.29 is 14.7 Å². The second-order valence-electron chi connectivity index (χ2n) is 4.27. The topological polar surface area (TPSA) is 57.6 Å². The van der Waals surface area contributed by atoms with E-state index in [-0.39, 0.29) is 11.5 Å². The lowest BCUT2D eigenvalue weighted by atomic mass is 10.1. The summed E-state index contributed by atoms with van der Waals surface area (Å²) in [4.78, 5) is 24.6. The molecule has 1 heterocycles. The van der Waals surface area contributed by atoms with E-state index in [0.29, 0.717) is 19.4 Å². The second kappa shape index (κ2) is 5.04. The number of amides is 1. The summed E-state index contributed by atoms with van der Waals surface area (Å²) in [5.74, 6) is -0.945. The lowest BCUT2D eigenvalue weighted by Crippen LogP contribution is -2.28. The van der Waals surface area contributed by atoms with Gasteiger partial charge >= 0.3 is 5.97 Å². The van der Waals surface area contributed by atoms with E-state index < -0.39 is 5.97 Å². The fourth-order valence-electron chi connectivity index (χ4n) is 2.13. The first-order valence-corrected chi connectivity index (χ1v) is 5.91. The van der Waals surface area contributed by atoms with Crippen LogP contribution < -0.4 is 4.90 Å². The van der Waals surface area contributed by atoms with Crippen LogP contribution in [0.4, 0.5) is 5.69 Å². The zero-order chi connectivity index (χ0) is 13.1. The summed E-state index contributed by atoms with van der Waals surface area (Å²) in [6.07, 6.45) is 3.56. The van der Waals surface area contributed by atoms with Gasteiger partial charge in [0.25, 0.3) is 0 Å². The van der Waals surface area contributed by atoms with Crippen molar-refractivity contribution in [2.75, 3.05) is 11.4 Å². The normalized spacial score (nSPS) is 13.2. The molecule has 18 heavy (non-hydrogen) atoms. The zero-order valence-electron chi connectivity index (χ0n) is 10.1. The van der Waals surface area contributed by atoms with Crippen LogP contribution >= 0.6 is 0 Å². The molecule has 1 aromatic carbocycles. The minimum atomic E-state index is -0.969. The number of benzene rings is 1. The Kier molecular flexibility index (Phi) is 3.46. The Bertz CT molecular complexity index is 508. The third kappa shape index (κ3) is 2.27. The van der Waals surface area contributed by atoms with Crippen molar-refractivity contribution in [2.45, 2.75) is 19.3 Å². The summed E-state index contributed by atoms with van der Waals surface area (Å²) >= 11 is 0. The smallest absolute Gasteiger partial charge is 0.335 e. The maximum absolute atomic E-state index is 12.0. The highest BCUT2D eigenvalue weighted by molar-refractivity contribution is 5.97. The maximum atomic E-state index is 12.0. The van der Waals surface area contributed by atoms with Crippen molar-refractivity contribution in [3.05, 3.63) is 42.0 Å². The second-order valence-corrected chi connectivity index (χ2v) is 4.27. The molecule has 0 radical (unpaired) electrons. The average molecular weight is 245 g/mol.